The van der Waals surface area contributed by atoms with Gasteiger partial charge in [-0.1, -0.05) is 26.7 Å². The van der Waals surface area contributed by atoms with Crippen LogP contribution in [0.5, 0.6) is 0 Å². The van der Waals surface area contributed by atoms with Gasteiger partial charge in [0.2, 0.25) is 0 Å². The third-order valence-electron chi connectivity index (χ3n) is 5.24. The van der Waals surface area contributed by atoms with Crippen molar-refractivity contribution in [3.05, 3.63) is 17.5 Å². The van der Waals surface area contributed by atoms with Crippen molar-refractivity contribution in [3.63, 3.8) is 0 Å². The molecule has 1 aliphatic rings. The zero-order valence-corrected chi connectivity index (χ0v) is 13.5. The average Bonchev–Trinajstić information content (AvgIpc) is 2.82. The Balaban J connectivity index is 2.03. The molecule has 0 aromatic carbocycles. The first-order valence-electron chi connectivity index (χ1n) is 8.34. The van der Waals surface area contributed by atoms with Gasteiger partial charge < -0.3 is 5.73 Å². The van der Waals surface area contributed by atoms with Crippen LogP contribution in [0.15, 0.2) is 6.07 Å². The molecule has 20 heavy (non-hydrogen) atoms. The predicted molar refractivity (Wildman–Crippen MR) is 84.6 cm³/mol. The van der Waals surface area contributed by atoms with Crippen molar-refractivity contribution in [2.24, 2.45) is 24.1 Å². The molecular formula is C17H31N3. The van der Waals surface area contributed by atoms with Crippen molar-refractivity contribution in [1.29, 1.82) is 0 Å². The summed E-state index contributed by atoms with van der Waals surface area (Å²) in [6, 6.07) is 2.27. The highest BCUT2D eigenvalue weighted by Gasteiger charge is 2.34. The minimum Gasteiger partial charge on any atom is -0.330 e. The van der Waals surface area contributed by atoms with Crippen LogP contribution in [0.1, 0.15) is 63.8 Å². The second-order valence-electron chi connectivity index (χ2n) is 6.72. The molecule has 0 aliphatic heterocycles. The Morgan fingerprint density at radius 2 is 2.05 bits per heavy atom. The second kappa shape index (κ2) is 6.75. The Bertz CT molecular complexity index is 414. The van der Waals surface area contributed by atoms with Crippen molar-refractivity contribution in [1.82, 2.24) is 9.78 Å². The van der Waals surface area contributed by atoms with Gasteiger partial charge >= 0.3 is 0 Å². The van der Waals surface area contributed by atoms with Gasteiger partial charge in [-0.15, -0.1) is 0 Å². The molecule has 1 fully saturated rings. The summed E-state index contributed by atoms with van der Waals surface area (Å²) >= 11 is 0. The zero-order valence-electron chi connectivity index (χ0n) is 13.5. The van der Waals surface area contributed by atoms with E-state index in [2.05, 4.69) is 36.7 Å². The molecule has 1 aromatic heterocycles. The van der Waals surface area contributed by atoms with E-state index in [1.54, 1.807) is 0 Å². The average molecular weight is 277 g/mol. The number of nitrogens with two attached hydrogens (primary N) is 1. The fourth-order valence-corrected chi connectivity index (χ4v) is 3.73. The van der Waals surface area contributed by atoms with Crippen LogP contribution < -0.4 is 5.73 Å². The third-order valence-corrected chi connectivity index (χ3v) is 5.24. The normalized spacial score (nSPS) is 26.9. The summed E-state index contributed by atoms with van der Waals surface area (Å²) in [6.07, 6.45) is 10.1. The highest BCUT2D eigenvalue weighted by Crippen LogP contribution is 2.42. The number of nitrogens with zero attached hydrogens (tertiary/aromatic N) is 2. The van der Waals surface area contributed by atoms with Gasteiger partial charge in [-0.25, -0.2) is 0 Å². The standard InChI is InChI=1S/C17H31N3/c1-4-6-14-7-9-17(13-18,10-8-14)12-16-11-15(5-2)19-20(16)3/h11,14H,4-10,12-13,18H2,1-3H3. The third kappa shape index (κ3) is 3.43. The number of aryl methyl sites for hydroxylation is 2. The van der Waals surface area contributed by atoms with Gasteiger partial charge in [-0.3, -0.25) is 4.68 Å². The van der Waals surface area contributed by atoms with E-state index in [-0.39, 0.29) is 0 Å². The van der Waals surface area contributed by atoms with Crippen LogP contribution in [0.4, 0.5) is 0 Å². The molecule has 2 rings (SSSR count). The van der Waals surface area contributed by atoms with Crippen molar-refractivity contribution in [2.45, 2.75) is 65.2 Å². The van der Waals surface area contributed by atoms with Gasteiger partial charge in [0.25, 0.3) is 0 Å². The summed E-state index contributed by atoms with van der Waals surface area (Å²) in [5.74, 6) is 0.942. The predicted octanol–water partition coefficient (Wildman–Crippen LogP) is 3.46. The summed E-state index contributed by atoms with van der Waals surface area (Å²) in [5, 5.41) is 4.58. The van der Waals surface area contributed by atoms with Crippen molar-refractivity contribution in [3.8, 4) is 0 Å². The van der Waals surface area contributed by atoms with Crippen LogP contribution >= 0.6 is 0 Å². The van der Waals surface area contributed by atoms with E-state index in [1.807, 2.05) is 0 Å². The van der Waals surface area contributed by atoms with Crippen LogP contribution in [0, 0.1) is 11.3 Å². The summed E-state index contributed by atoms with van der Waals surface area (Å²) < 4.78 is 2.06. The molecule has 114 valence electrons. The maximum atomic E-state index is 6.17. The maximum Gasteiger partial charge on any atom is 0.0624 e. The number of hydrogen-bond donors (Lipinski definition) is 1. The van der Waals surface area contributed by atoms with Gasteiger partial charge in [0.15, 0.2) is 0 Å². The SMILES string of the molecule is CCCC1CCC(CN)(Cc2cc(CC)nn2C)CC1. The quantitative estimate of drug-likeness (QED) is 0.865. The van der Waals surface area contributed by atoms with E-state index in [1.165, 1.54) is 49.9 Å². The summed E-state index contributed by atoms with van der Waals surface area (Å²) in [5.41, 5.74) is 9.05. The Hall–Kier alpha value is -0.830. The number of aromatic nitrogens is 2. The molecule has 0 saturated heterocycles. The van der Waals surface area contributed by atoms with Gasteiger partial charge in [0, 0.05) is 12.7 Å². The number of rotatable bonds is 6. The molecule has 2 N–H and O–H groups in total. The van der Waals surface area contributed by atoms with E-state index >= 15 is 0 Å². The fourth-order valence-electron chi connectivity index (χ4n) is 3.73. The Morgan fingerprint density at radius 3 is 2.55 bits per heavy atom. The molecule has 0 unspecified atom stereocenters. The molecule has 0 radical (unpaired) electrons. The van der Waals surface area contributed by atoms with E-state index in [0.717, 1.165) is 25.3 Å². The number of hydrogen-bond acceptors (Lipinski definition) is 2. The lowest BCUT2D eigenvalue weighted by Gasteiger charge is -2.39. The van der Waals surface area contributed by atoms with Crippen molar-refractivity contribution < 1.29 is 0 Å². The van der Waals surface area contributed by atoms with Crippen molar-refractivity contribution >= 4 is 0 Å². The highest BCUT2D eigenvalue weighted by atomic mass is 15.3. The van der Waals surface area contributed by atoms with Gasteiger partial charge in [0.05, 0.1) is 5.69 Å². The molecule has 0 bridgehead atoms. The molecular weight excluding hydrogens is 246 g/mol. The summed E-state index contributed by atoms with van der Waals surface area (Å²) in [6.45, 7) is 5.28. The van der Waals surface area contributed by atoms with Gasteiger partial charge in [-0.2, -0.15) is 5.10 Å². The van der Waals surface area contributed by atoms with Gasteiger partial charge in [-0.05, 0) is 62.5 Å². The molecule has 1 heterocycles. The molecule has 1 aromatic rings. The topological polar surface area (TPSA) is 43.8 Å². The van der Waals surface area contributed by atoms with E-state index < -0.39 is 0 Å². The minimum absolute atomic E-state index is 0.322. The molecule has 0 spiro atoms. The summed E-state index contributed by atoms with van der Waals surface area (Å²) in [7, 11) is 2.07. The van der Waals surface area contributed by atoms with E-state index in [9.17, 15) is 0 Å². The second-order valence-corrected chi connectivity index (χ2v) is 6.72. The van der Waals surface area contributed by atoms with Crippen LogP contribution in [0.3, 0.4) is 0 Å². The molecule has 0 amide bonds. The Morgan fingerprint density at radius 1 is 1.35 bits per heavy atom. The molecule has 1 aliphatic carbocycles. The van der Waals surface area contributed by atoms with Crippen LogP contribution in [-0.4, -0.2) is 16.3 Å². The van der Waals surface area contributed by atoms with Crippen LogP contribution in [-0.2, 0) is 19.9 Å². The van der Waals surface area contributed by atoms with Crippen LogP contribution in [0.2, 0.25) is 0 Å². The van der Waals surface area contributed by atoms with E-state index in [0.29, 0.717) is 5.41 Å². The first-order chi connectivity index (χ1) is 9.62. The maximum absolute atomic E-state index is 6.17. The first-order valence-corrected chi connectivity index (χ1v) is 8.34. The molecule has 3 heteroatoms. The zero-order chi connectivity index (χ0) is 14.6. The fraction of sp³-hybridized carbons (Fsp3) is 0.824. The van der Waals surface area contributed by atoms with Crippen LogP contribution in [0.25, 0.3) is 0 Å². The lowest BCUT2D eigenvalue weighted by atomic mass is 9.67. The smallest absolute Gasteiger partial charge is 0.0624 e. The van der Waals surface area contributed by atoms with Gasteiger partial charge in [0.1, 0.15) is 0 Å². The first kappa shape index (κ1) is 15.6. The lowest BCUT2D eigenvalue weighted by molar-refractivity contribution is 0.148. The largest absolute Gasteiger partial charge is 0.330 e. The summed E-state index contributed by atoms with van der Waals surface area (Å²) in [4.78, 5) is 0. The molecule has 0 atom stereocenters. The lowest BCUT2D eigenvalue weighted by Crippen LogP contribution is -2.37. The highest BCUT2D eigenvalue weighted by molar-refractivity contribution is 5.13. The molecule has 1 saturated carbocycles. The monoisotopic (exact) mass is 277 g/mol. The Labute approximate surface area is 123 Å². The minimum atomic E-state index is 0.322. The van der Waals surface area contributed by atoms with E-state index in [4.69, 9.17) is 5.73 Å². The van der Waals surface area contributed by atoms with Crippen molar-refractivity contribution in [2.75, 3.05) is 6.54 Å². The Kier molecular flexibility index (Phi) is 5.25. The molecule has 3 nitrogen and oxygen atoms in total.